The number of carbonyl (C=O) groups excluding carboxylic acids is 1. The van der Waals surface area contributed by atoms with Crippen LogP contribution in [-0.4, -0.2) is 36.6 Å². The molecule has 0 aromatic carbocycles. The standard InChI is InChI=1S/C13H21N3O4/c1-5-18-12(17)8-6-9(15-16-14)7(2)10-11(8)20-13(3,4)19-10/h7-11H,5-6H2,1-4H3/t7-,8?,9+,10+,11-/m1/s1. The lowest BCUT2D eigenvalue weighted by Gasteiger charge is -2.37. The zero-order valence-corrected chi connectivity index (χ0v) is 12.3. The van der Waals surface area contributed by atoms with Crippen LogP contribution in [-0.2, 0) is 19.0 Å². The Morgan fingerprint density at radius 2 is 2.10 bits per heavy atom. The minimum atomic E-state index is -0.737. The Bertz CT molecular complexity index is 433. The molecule has 2 rings (SSSR count). The molecule has 2 fully saturated rings. The molecule has 5 atom stereocenters. The van der Waals surface area contributed by atoms with Crippen LogP contribution in [0, 0.1) is 11.8 Å². The van der Waals surface area contributed by atoms with Crippen LogP contribution in [0.2, 0.25) is 0 Å². The maximum absolute atomic E-state index is 12.1. The molecule has 112 valence electrons. The van der Waals surface area contributed by atoms with Crippen LogP contribution < -0.4 is 0 Å². The van der Waals surface area contributed by atoms with Gasteiger partial charge in [0.05, 0.1) is 18.6 Å². The summed E-state index contributed by atoms with van der Waals surface area (Å²) in [5, 5.41) is 3.80. The van der Waals surface area contributed by atoms with Gasteiger partial charge in [0.2, 0.25) is 0 Å². The highest BCUT2D eigenvalue weighted by Gasteiger charge is 2.54. The van der Waals surface area contributed by atoms with Crippen LogP contribution >= 0.6 is 0 Å². The van der Waals surface area contributed by atoms with Gasteiger partial charge in [-0.25, -0.2) is 0 Å². The van der Waals surface area contributed by atoms with Gasteiger partial charge in [-0.3, -0.25) is 4.79 Å². The number of nitrogens with zero attached hydrogens (tertiary/aromatic N) is 3. The van der Waals surface area contributed by atoms with Crippen molar-refractivity contribution >= 4 is 5.97 Å². The summed E-state index contributed by atoms with van der Waals surface area (Å²) < 4.78 is 16.9. The topological polar surface area (TPSA) is 93.5 Å². The van der Waals surface area contributed by atoms with Gasteiger partial charge in [-0.15, -0.1) is 0 Å². The molecule has 1 saturated carbocycles. The van der Waals surface area contributed by atoms with Crippen molar-refractivity contribution in [3.05, 3.63) is 10.4 Å². The molecule has 0 bridgehead atoms. The van der Waals surface area contributed by atoms with Gasteiger partial charge in [-0.2, -0.15) is 0 Å². The number of carbonyl (C=O) groups is 1. The van der Waals surface area contributed by atoms with Gasteiger partial charge < -0.3 is 14.2 Å². The molecule has 0 aromatic heterocycles. The molecule has 1 aliphatic heterocycles. The maximum atomic E-state index is 12.1. The zero-order chi connectivity index (χ0) is 14.9. The first-order chi connectivity index (χ1) is 9.39. The van der Waals surface area contributed by atoms with E-state index in [1.54, 1.807) is 6.92 Å². The van der Waals surface area contributed by atoms with E-state index in [1.165, 1.54) is 0 Å². The van der Waals surface area contributed by atoms with Crippen molar-refractivity contribution < 1.29 is 19.0 Å². The van der Waals surface area contributed by atoms with E-state index in [2.05, 4.69) is 10.0 Å². The summed E-state index contributed by atoms with van der Waals surface area (Å²) in [6, 6.07) is -0.284. The predicted octanol–water partition coefficient (Wildman–Crippen LogP) is 2.40. The highest BCUT2D eigenvalue weighted by Crippen LogP contribution is 2.44. The third kappa shape index (κ3) is 2.75. The molecule has 7 heteroatoms. The van der Waals surface area contributed by atoms with Crippen LogP contribution in [0.5, 0.6) is 0 Å². The lowest BCUT2D eigenvalue weighted by Crippen LogP contribution is -2.49. The minimum Gasteiger partial charge on any atom is -0.466 e. The van der Waals surface area contributed by atoms with Gasteiger partial charge in [-0.1, -0.05) is 12.0 Å². The molecule has 1 heterocycles. The molecular formula is C13H21N3O4. The number of rotatable bonds is 3. The molecule has 20 heavy (non-hydrogen) atoms. The van der Waals surface area contributed by atoms with Crippen molar-refractivity contribution in [2.24, 2.45) is 17.0 Å². The second-order valence-corrected chi connectivity index (χ2v) is 5.79. The highest BCUT2D eigenvalue weighted by molar-refractivity contribution is 5.73. The quantitative estimate of drug-likeness (QED) is 0.344. The van der Waals surface area contributed by atoms with E-state index >= 15 is 0 Å². The Morgan fingerprint density at radius 1 is 1.45 bits per heavy atom. The van der Waals surface area contributed by atoms with Crippen molar-refractivity contribution in [3.63, 3.8) is 0 Å². The van der Waals surface area contributed by atoms with E-state index in [-0.39, 0.29) is 30.1 Å². The zero-order valence-electron chi connectivity index (χ0n) is 12.3. The second kappa shape index (κ2) is 5.60. The van der Waals surface area contributed by atoms with E-state index in [1.807, 2.05) is 20.8 Å². The van der Waals surface area contributed by atoms with Crippen LogP contribution in [0.3, 0.4) is 0 Å². The lowest BCUT2D eigenvalue weighted by atomic mass is 9.75. The Hall–Kier alpha value is -1.30. The first kappa shape index (κ1) is 15.1. The number of hydrogen-bond acceptors (Lipinski definition) is 5. The number of azide groups is 1. The molecule has 0 radical (unpaired) electrons. The largest absolute Gasteiger partial charge is 0.466 e. The van der Waals surface area contributed by atoms with Gasteiger partial charge in [0, 0.05) is 11.0 Å². The Kier molecular flexibility index (Phi) is 4.22. The van der Waals surface area contributed by atoms with Crippen LogP contribution in [0.4, 0.5) is 0 Å². The minimum absolute atomic E-state index is 0.00310. The number of hydrogen-bond donors (Lipinski definition) is 0. The molecule has 0 aromatic rings. The fourth-order valence-electron chi connectivity index (χ4n) is 3.06. The SMILES string of the molecule is CCOC(=O)C1C[C@H](N=[N+]=[N-])[C@@H](C)[C@@H]2OC(C)(C)O[C@H]12. The summed E-state index contributed by atoms with van der Waals surface area (Å²) in [4.78, 5) is 15.0. The van der Waals surface area contributed by atoms with Crippen molar-refractivity contribution in [1.82, 2.24) is 0 Å². The van der Waals surface area contributed by atoms with E-state index in [0.29, 0.717) is 13.0 Å². The third-order valence-electron chi connectivity index (χ3n) is 3.97. The third-order valence-corrected chi connectivity index (χ3v) is 3.97. The molecule has 0 N–H and O–H groups in total. The van der Waals surface area contributed by atoms with Gasteiger partial charge in [0.15, 0.2) is 5.79 Å². The molecule has 7 nitrogen and oxygen atoms in total. The fourth-order valence-corrected chi connectivity index (χ4v) is 3.06. The average molecular weight is 283 g/mol. The second-order valence-electron chi connectivity index (χ2n) is 5.79. The number of esters is 1. The van der Waals surface area contributed by atoms with E-state index in [0.717, 1.165) is 0 Å². The molecule has 0 spiro atoms. The molecule has 2 aliphatic rings. The van der Waals surface area contributed by atoms with Crippen LogP contribution in [0.25, 0.3) is 10.4 Å². The smallest absolute Gasteiger partial charge is 0.311 e. The fraction of sp³-hybridized carbons (Fsp3) is 0.923. The van der Waals surface area contributed by atoms with Gasteiger partial charge in [0.1, 0.15) is 6.10 Å². The van der Waals surface area contributed by atoms with Crippen molar-refractivity contribution in [1.29, 1.82) is 0 Å². The van der Waals surface area contributed by atoms with Gasteiger partial charge in [-0.05, 0) is 38.6 Å². The van der Waals surface area contributed by atoms with E-state index in [9.17, 15) is 4.79 Å². The first-order valence-corrected chi connectivity index (χ1v) is 6.96. The normalized spacial score (nSPS) is 38.7. The molecule has 0 amide bonds. The predicted molar refractivity (Wildman–Crippen MR) is 70.7 cm³/mol. The first-order valence-electron chi connectivity index (χ1n) is 6.96. The number of fused-ring (bicyclic) bond motifs is 1. The summed E-state index contributed by atoms with van der Waals surface area (Å²) in [6.45, 7) is 7.69. The Balaban J connectivity index is 2.26. The molecular weight excluding hydrogens is 262 g/mol. The highest BCUT2D eigenvalue weighted by atomic mass is 16.8. The number of ether oxygens (including phenoxy) is 3. The Morgan fingerprint density at radius 3 is 2.70 bits per heavy atom. The van der Waals surface area contributed by atoms with Gasteiger partial charge in [0.25, 0.3) is 0 Å². The lowest BCUT2D eigenvalue weighted by molar-refractivity contribution is -0.163. The van der Waals surface area contributed by atoms with Crippen LogP contribution in [0.1, 0.15) is 34.1 Å². The molecule has 1 saturated heterocycles. The summed E-state index contributed by atoms with van der Waals surface area (Å²) >= 11 is 0. The Labute approximate surface area is 118 Å². The van der Waals surface area contributed by atoms with Gasteiger partial charge >= 0.3 is 5.97 Å². The van der Waals surface area contributed by atoms with Crippen molar-refractivity contribution in [3.8, 4) is 0 Å². The summed E-state index contributed by atoms with van der Waals surface area (Å²) in [7, 11) is 0. The van der Waals surface area contributed by atoms with Crippen molar-refractivity contribution in [2.45, 2.75) is 58.2 Å². The van der Waals surface area contributed by atoms with E-state index < -0.39 is 11.7 Å². The maximum Gasteiger partial charge on any atom is 0.311 e. The molecule has 1 unspecified atom stereocenters. The van der Waals surface area contributed by atoms with Crippen LogP contribution in [0.15, 0.2) is 5.11 Å². The van der Waals surface area contributed by atoms with E-state index in [4.69, 9.17) is 19.7 Å². The molecule has 1 aliphatic carbocycles. The average Bonchev–Trinajstić information content (AvgIpc) is 2.69. The summed E-state index contributed by atoms with van der Waals surface area (Å²) in [6.07, 6.45) is -0.169. The monoisotopic (exact) mass is 283 g/mol. The summed E-state index contributed by atoms with van der Waals surface area (Å²) in [5.41, 5.74) is 8.68. The summed E-state index contributed by atoms with van der Waals surface area (Å²) in [5.74, 6) is -1.50. The van der Waals surface area contributed by atoms with Crippen molar-refractivity contribution in [2.75, 3.05) is 6.61 Å².